The number of rotatable bonds is 2. The van der Waals surface area contributed by atoms with Gasteiger partial charge in [-0.1, -0.05) is 26.0 Å². The number of hydrogen-bond acceptors (Lipinski definition) is 3. The summed E-state index contributed by atoms with van der Waals surface area (Å²) in [5.41, 5.74) is 0.905. The van der Waals surface area contributed by atoms with Crippen LogP contribution in [0.2, 0.25) is 0 Å². The third kappa shape index (κ3) is 1.96. The number of Topliss-reactive ketones (excluding diaryl/α,β-unsaturated/α-hetero) is 1. The molecule has 1 aromatic carbocycles. The molecule has 0 aliphatic carbocycles. The minimum Gasteiger partial charge on any atom is -0.489 e. The Morgan fingerprint density at radius 1 is 1.47 bits per heavy atom. The number of ketones is 1. The van der Waals surface area contributed by atoms with Crippen LogP contribution in [0, 0.1) is 5.92 Å². The molecular formula is C12H15NO2. The van der Waals surface area contributed by atoms with Crippen LogP contribution in [0.3, 0.4) is 0 Å². The summed E-state index contributed by atoms with van der Waals surface area (Å²) < 4.78 is 5.52. The molecule has 15 heavy (non-hydrogen) atoms. The van der Waals surface area contributed by atoms with E-state index in [1.165, 1.54) is 0 Å². The van der Waals surface area contributed by atoms with Gasteiger partial charge >= 0.3 is 0 Å². The summed E-state index contributed by atoms with van der Waals surface area (Å²) in [6.07, 6.45) is 0. The summed E-state index contributed by atoms with van der Waals surface area (Å²) in [7, 11) is 0. The van der Waals surface area contributed by atoms with Crippen molar-refractivity contribution in [1.82, 2.24) is 0 Å². The van der Waals surface area contributed by atoms with Crippen molar-refractivity contribution in [3.8, 4) is 5.75 Å². The molecule has 0 aromatic heterocycles. The number of hydrogen-bond donors (Lipinski definition) is 1. The van der Waals surface area contributed by atoms with E-state index in [4.69, 9.17) is 4.74 Å². The second-order valence-corrected chi connectivity index (χ2v) is 4.06. The summed E-state index contributed by atoms with van der Waals surface area (Å²) in [6, 6.07) is 7.47. The molecule has 1 atom stereocenters. The number of carbonyl (C=O) groups excluding carboxylic acids is 1. The number of nitrogens with one attached hydrogen (secondary N) is 1. The van der Waals surface area contributed by atoms with Crippen LogP contribution in [0.15, 0.2) is 24.3 Å². The zero-order valence-corrected chi connectivity index (χ0v) is 8.99. The van der Waals surface area contributed by atoms with Crippen molar-refractivity contribution in [1.29, 1.82) is 0 Å². The molecule has 1 aliphatic heterocycles. The largest absolute Gasteiger partial charge is 0.489 e. The fourth-order valence-corrected chi connectivity index (χ4v) is 1.67. The van der Waals surface area contributed by atoms with Gasteiger partial charge in [-0.05, 0) is 12.1 Å². The molecule has 1 heterocycles. The third-order valence-electron chi connectivity index (χ3n) is 2.53. The molecule has 0 radical (unpaired) electrons. The Labute approximate surface area is 89.4 Å². The summed E-state index contributed by atoms with van der Waals surface area (Å²) in [4.78, 5) is 11.8. The van der Waals surface area contributed by atoms with Crippen LogP contribution in [0.5, 0.6) is 5.75 Å². The van der Waals surface area contributed by atoms with Gasteiger partial charge in [-0.15, -0.1) is 0 Å². The van der Waals surface area contributed by atoms with Crippen molar-refractivity contribution >= 4 is 11.5 Å². The third-order valence-corrected chi connectivity index (χ3v) is 2.53. The highest BCUT2D eigenvalue weighted by Crippen LogP contribution is 2.28. The Hall–Kier alpha value is -1.51. The maximum absolute atomic E-state index is 11.8. The van der Waals surface area contributed by atoms with Crippen LogP contribution in [-0.4, -0.2) is 18.4 Å². The number of carbonyl (C=O) groups is 1. The highest BCUT2D eigenvalue weighted by Gasteiger charge is 2.26. The zero-order chi connectivity index (χ0) is 10.8. The van der Waals surface area contributed by atoms with E-state index < -0.39 is 0 Å². The lowest BCUT2D eigenvalue weighted by molar-refractivity contribution is -0.123. The molecule has 0 amide bonds. The first-order valence-corrected chi connectivity index (χ1v) is 5.20. The van der Waals surface area contributed by atoms with Gasteiger partial charge in [0.25, 0.3) is 0 Å². The van der Waals surface area contributed by atoms with Gasteiger partial charge in [-0.3, -0.25) is 4.79 Å². The van der Waals surface area contributed by atoms with Crippen LogP contribution >= 0.6 is 0 Å². The highest BCUT2D eigenvalue weighted by atomic mass is 16.5. The second-order valence-electron chi connectivity index (χ2n) is 4.06. The number of anilines is 1. The molecule has 0 fully saturated rings. The fraction of sp³-hybridized carbons (Fsp3) is 0.417. The fourth-order valence-electron chi connectivity index (χ4n) is 1.67. The molecule has 1 aromatic rings. The van der Waals surface area contributed by atoms with Gasteiger partial charge in [0, 0.05) is 5.92 Å². The predicted molar refractivity (Wildman–Crippen MR) is 59.2 cm³/mol. The van der Waals surface area contributed by atoms with Crippen molar-refractivity contribution in [3.05, 3.63) is 24.3 Å². The molecule has 3 heteroatoms. The van der Waals surface area contributed by atoms with E-state index in [1.54, 1.807) is 0 Å². The summed E-state index contributed by atoms with van der Waals surface area (Å²) in [5.74, 6) is 1.06. The molecular weight excluding hydrogens is 190 g/mol. The lowest BCUT2D eigenvalue weighted by Gasteiger charge is -2.27. The Bertz CT molecular complexity index is 374. The average molecular weight is 205 g/mol. The van der Waals surface area contributed by atoms with Crippen molar-refractivity contribution in [2.75, 3.05) is 11.9 Å². The molecule has 1 aliphatic rings. The average Bonchev–Trinajstić information content (AvgIpc) is 2.27. The number of ether oxygens (including phenoxy) is 1. The quantitative estimate of drug-likeness (QED) is 0.803. The molecule has 0 saturated carbocycles. The minimum atomic E-state index is -0.208. The van der Waals surface area contributed by atoms with E-state index in [0.29, 0.717) is 6.61 Å². The lowest BCUT2D eigenvalue weighted by Crippen LogP contribution is -2.40. The van der Waals surface area contributed by atoms with Crippen LogP contribution in [0.1, 0.15) is 13.8 Å². The van der Waals surface area contributed by atoms with Crippen LogP contribution in [0.25, 0.3) is 0 Å². The van der Waals surface area contributed by atoms with Crippen molar-refractivity contribution in [3.63, 3.8) is 0 Å². The van der Waals surface area contributed by atoms with Gasteiger partial charge < -0.3 is 10.1 Å². The van der Waals surface area contributed by atoms with Crippen molar-refractivity contribution in [2.24, 2.45) is 5.92 Å². The minimum absolute atomic E-state index is 0.0383. The second kappa shape index (κ2) is 3.93. The maximum Gasteiger partial charge on any atom is 0.161 e. The zero-order valence-electron chi connectivity index (χ0n) is 8.99. The Balaban J connectivity index is 2.15. The van der Waals surface area contributed by atoms with E-state index >= 15 is 0 Å². The van der Waals surface area contributed by atoms with Gasteiger partial charge in [0.15, 0.2) is 5.78 Å². The molecule has 0 bridgehead atoms. The highest BCUT2D eigenvalue weighted by molar-refractivity contribution is 5.89. The summed E-state index contributed by atoms with van der Waals surface area (Å²) >= 11 is 0. The van der Waals surface area contributed by atoms with Crippen LogP contribution < -0.4 is 10.1 Å². The SMILES string of the molecule is CC(C)C(=O)C1COc2ccccc2N1. The molecule has 0 spiro atoms. The van der Waals surface area contributed by atoms with E-state index in [9.17, 15) is 4.79 Å². The lowest BCUT2D eigenvalue weighted by atomic mass is 10.0. The standard InChI is InChI=1S/C12H15NO2/c1-8(2)12(14)10-7-15-11-6-4-3-5-9(11)13-10/h3-6,8,10,13H,7H2,1-2H3. The Morgan fingerprint density at radius 2 is 2.20 bits per heavy atom. The first-order chi connectivity index (χ1) is 7.18. The number of benzene rings is 1. The molecule has 0 saturated heterocycles. The van der Waals surface area contributed by atoms with Crippen molar-refractivity contribution in [2.45, 2.75) is 19.9 Å². The first kappa shape index (κ1) is 10.0. The molecule has 80 valence electrons. The molecule has 1 N–H and O–H groups in total. The summed E-state index contributed by atoms with van der Waals surface area (Å²) in [6.45, 7) is 4.24. The molecule has 1 unspecified atom stereocenters. The van der Waals surface area contributed by atoms with E-state index in [2.05, 4.69) is 5.32 Å². The normalized spacial score (nSPS) is 19.0. The Kier molecular flexibility index (Phi) is 2.62. The van der Waals surface area contributed by atoms with Gasteiger partial charge in [0.05, 0.1) is 5.69 Å². The smallest absolute Gasteiger partial charge is 0.161 e. The first-order valence-electron chi connectivity index (χ1n) is 5.20. The van der Waals surface area contributed by atoms with Gasteiger partial charge in [-0.2, -0.15) is 0 Å². The molecule has 3 nitrogen and oxygen atoms in total. The van der Waals surface area contributed by atoms with Gasteiger partial charge in [0.1, 0.15) is 18.4 Å². The number of fused-ring (bicyclic) bond motifs is 1. The van der Waals surface area contributed by atoms with Crippen molar-refractivity contribution < 1.29 is 9.53 Å². The van der Waals surface area contributed by atoms with Crippen LogP contribution in [0.4, 0.5) is 5.69 Å². The molecule has 2 rings (SSSR count). The maximum atomic E-state index is 11.8. The monoisotopic (exact) mass is 205 g/mol. The topological polar surface area (TPSA) is 38.3 Å². The van der Waals surface area contributed by atoms with Gasteiger partial charge in [-0.25, -0.2) is 0 Å². The van der Waals surface area contributed by atoms with E-state index in [1.807, 2.05) is 38.1 Å². The van der Waals surface area contributed by atoms with E-state index in [0.717, 1.165) is 11.4 Å². The van der Waals surface area contributed by atoms with E-state index in [-0.39, 0.29) is 17.7 Å². The number of para-hydroxylation sites is 2. The van der Waals surface area contributed by atoms with Crippen LogP contribution in [-0.2, 0) is 4.79 Å². The van der Waals surface area contributed by atoms with Gasteiger partial charge in [0.2, 0.25) is 0 Å². The predicted octanol–water partition coefficient (Wildman–Crippen LogP) is 2.08. The summed E-state index contributed by atoms with van der Waals surface area (Å²) in [5, 5.41) is 3.20. The Morgan fingerprint density at radius 3 is 2.93 bits per heavy atom.